The molecule has 0 radical (unpaired) electrons. The van der Waals surface area contributed by atoms with Crippen molar-refractivity contribution in [3.63, 3.8) is 0 Å². The monoisotopic (exact) mass is 1060 g/mol. The van der Waals surface area contributed by atoms with Crippen LogP contribution in [0.3, 0.4) is 0 Å². The van der Waals surface area contributed by atoms with Gasteiger partial charge in [-0.3, -0.25) is 38.4 Å². The lowest BCUT2D eigenvalue weighted by molar-refractivity contribution is -0.136. The third-order valence-corrected chi connectivity index (χ3v) is 11.3. The Labute approximate surface area is 440 Å². The number of aliphatic hydroxyl groups is 1. The summed E-state index contributed by atoms with van der Waals surface area (Å²) in [6, 6.07) is -2.32. The van der Waals surface area contributed by atoms with Gasteiger partial charge in [-0.25, -0.2) is 9.59 Å². The number of carbonyl (C=O) groups excluding carboxylic acids is 10. The second-order valence-corrected chi connectivity index (χ2v) is 21.1. The average Bonchev–Trinajstić information content (AvgIpc) is 3.30. The highest BCUT2D eigenvalue weighted by Crippen LogP contribution is 2.13. The summed E-state index contributed by atoms with van der Waals surface area (Å²) in [6.45, 7) is 17.7. The minimum atomic E-state index is -1.58. The lowest BCUT2D eigenvalue weighted by atomic mass is 10.00. The molecule has 0 aliphatic carbocycles. The Kier molecular flexibility index (Phi) is 27.0. The summed E-state index contributed by atoms with van der Waals surface area (Å²) in [5.41, 5.74) is 5.13. The van der Waals surface area contributed by atoms with Crippen LogP contribution in [0.4, 0.5) is 9.59 Å². The molecule has 13 N–H and O–H groups in total. The Morgan fingerprint density at radius 2 is 1.09 bits per heavy atom. The predicted molar refractivity (Wildman–Crippen MR) is 278 cm³/mol. The van der Waals surface area contributed by atoms with Crippen LogP contribution in [-0.2, 0) is 54.3 Å². The molecule has 0 spiro atoms. The van der Waals surface area contributed by atoms with Gasteiger partial charge in [0.05, 0.1) is 12.1 Å². The average molecular weight is 1060 g/mol. The Morgan fingerprint density at radius 3 is 1.60 bits per heavy atom. The van der Waals surface area contributed by atoms with Crippen LogP contribution < -0.4 is 58.9 Å². The van der Waals surface area contributed by atoms with Gasteiger partial charge in [0.25, 0.3) is 0 Å². The topological polar surface area (TPSA) is 356 Å². The molecule has 1 aromatic rings. The van der Waals surface area contributed by atoms with Crippen molar-refractivity contribution in [2.45, 2.75) is 200 Å². The molecule has 0 saturated carbocycles. The van der Waals surface area contributed by atoms with E-state index < -0.39 is 125 Å². The maximum atomic E-state index is 14.6. The van der Waals surface area contributed by atoms with Crippen molar-refractivity contribution in [3.8, 4) is 0 Å². The lowest BCUT2D eigenvalue weighted by Gasteiger charge is -2.28. The number of nitrogens with two attached hydrogens (primary N) is 1. The summed E-state index contributed by atoms with van der Waals surface area (Å²) in [7, 11) is 0. The van der Waals surface area contributed by atoms with E-state index in [2.05, 4.69) is 53.2 Å². The van der Waals surface area contributed by atoms with Crippen LogP contribution in [0.2, 0.25) is 0 Å². The number of amides is 10. The van der Waals surface area contributed by atoms with E-state index in [1.807, 2.05) is 13.8 Å². The molecule has 1 aliphatic heterocycles. The highest BCUT2D eigenvalue weighted by Gasteiger charge is 2.36. The molecule has 10 amide bonds. The fourth-order valence-electron chi connectivity index (χ4n) is 7.57. The van der Waals surface area contributed by atoms with Gasteiger partial charge in [-0.05, 0) is 98.5 Å². The predicted octanol–water partition coefficient (Wildman–Crippen LogP) is 0.327. The standard InChI is InChI=1S/C51H85N11O13/c1-12-17-33-41(65)57-34(18-13-2)44(68)62-39(30(5)63)47(71)53-25-22-35(56-40(64)32(52)21-24-54-48(72)74-50(6,7)8)42(66)59-36(23-26-55-49(73)75-51(9,10)11)43(67)61-38(28-31-19-15-14-16-20-31)46(70)60-37(27-29(3)4)45(69)58-33/h14-16,19-20,29-30,32-39,63H,12-13,17-18,21-28,52H2,1-11H3,(H,53,71)(H,54,72)(H,55,73)(H,56,64)(H,57,65)(H,58,69)(H,59,66)(H,60,70)(H,61,67)(H,62,68)/t30-,32+,33+,34+,35+,36+,37+,38-,39+/m1/s1. The zero-order chi connectivity index (χ0) is 56.6. The summed E-state index contributed by atoms with van der Waals surface area (Å²) in [5, 5.41) is 36.9. The molecule has 0 unspecified atom stereocenters. The number of benzene rings is 1. The maximum Gasteiger partial charge on any atom is 0.407 e. The Hall–Kier alpha value is -6.56. The van der Waals surface area contributed by atoms with Gasteiger partial charge in [-0.1, -0.05) is 70.9 Å². The zero-order valence-corrected chi connectivity index (χ0v) is 45.6. The fourth-order valence-corrected chi connectivity index (χ4v) is 7.57. The third-order valence-electron chi connectivity index (χ3n) is 11.3. The summed E-state index contributed by atoms with van der Waals surface area (Å²) in [5.74, 6) is -6.84. The van der Waals surface area contributed by atoms with Crippen molar-refractivity contribution in [1.29, 1.82) is 0 Å². The normalized spacial score (nSPS) is 23.1. The molecule has 75 heavy (non-hydrogen) atoms. The highest BCUT2D eigenvalue weighted by molar-refractivity contribution is 5.98. The van der Waals surface area contributed by atoms with Crippen LogP contribution in [-0.4, -0.2) is 150 Å². The minimum Gasteiger partial charge on any atom is -0.444 e. The Balaban J connectivity index is 2.77. The van der Waals surface area contributed by atoms with Crippen LogP contribution >= 0.6 is 0 Å². The van der Waals surface area contributed by atoms with Crippen LogP contribution in [0.25, 0.3) is 0 Å². The van der Waals surface area contributed by atoms with E-state index in [9.17, 15) is 53.1 Å². The second kappa shape index (κ2) is 31.4. The highest BCUT2D eigenvalue weighted by atomic mass is 16.6. The molecule has 0 aromatic heterocycles. The third kappa shape index (κ3) is 25.0. The first kappa shape index (κ1) is 64.6. The van der Waals surface area contributed by atoms with Gasteiger partial charge < -0.3 is 73.5 Å². The molecule has 1 aromatic carbocycles. The minimum absolute atomic E-state index is 0.0970. The molecular weight excluding hydrogens is 975 g/mol. The maximum absolute atomic E-state index is 14.6. The molecule has 1 saturated heterocycles. The number of rotatable bonds is 17. The van der Waals surface area contributed by atoms with Crippen LogP contribution in [0, 0.1) is 5.92 Å². The van der Waals surface area contributed by atoms with E-state index in [4.69, 9.17) is 15.2 Å². The van der Waals surface area contributed by atoms with Crippen molar-refractivity contribution in [1.82, 2.24) is 53.2 Å². The first-order valence-electron chi connectivity index (χ1n) is 25.8. The molecule has 0 bridgehead atoms. The summed E-state index contributed by atoms with van der Waals surface area (Å²) < 4.78 is 10.6. The van der Waals surface area contributed by atoms with E-state index in [-0.39, 0.29) is 70.5 Å². The first-order chi connectivity index (χ1) is 35.0. The van der Waals surface area contributed by atoms with Crippen LogP contribution in [0.1, 0.15) is 133 Å². The van der Waals surface area contributed by atoms with Crippen molar-refractivity contribution in [2.24, 2.45) is 11.7 Å². The van der Waals surface area contributed by atoms with Crippen LogP contribution in [0.5, 0.6) is 0 Å². The molecule has 24 nitrogen and oxygen atoms in total. The van der Waals surface area contributed by atoms with E-state index in [1.54, 1.807) is 85.7 Å². The lowest BCUT2D eigenvalue weighted by Crippen LogP contribution is -2.60. The Morgan fingerprint density at radius 1 is 0.640 bits per heavy atom. The van der Waals surface area contributed by atoms with Gasteiger partial charge in [0, 0.05) is 26.1 Å². The molecular formula is C51H85N11O13. The number of hydrogen-bond donors (Lipinski definition) is 12. The van der Waals surface area contributed by atoms with Gasteiger partial charge in [0.15, 0.2) is 0 Å². The van der Waals surface area contributed by atoms with E-state index >= 15 is 0 Å². The second-order valence-electron chi connectivity index (χ2n) is 21.1. The van der Waals surface area contributed by atoms with Gasteiger partial charge in [-0.15, -0.1) is 0 Å². The number of ether oxygens (including phenoxy) is 2. The van der Waals surface area contributed by atoms with Gasteiger partial charge >= 0.3 is 12.2 Å². The molecule has 422 valence electrons. The summed E-state index contributed by atoms with van der Waals surface area (Å²) >= 11 is 0. The number of nitrogens with one attached hydrogen (secondary N) is 10. The molecule has 24 heteroatoms. The van der Waals surface area contributed by atoms with Gasteiger partial charge in [0.1, 0.15) is 53.5 Å². The molecule has 9 atom stereocenters. The van der Waals surface area contributed by atoms with Crippen molar-refractivity contribution in [3.05, 3.63) is 35.9 Å². The zero-order valence-electron chi connectivity index (χ0n) is 45.6. The summed E-state index contributed by atoms with van der Waals surface area (Å²) in [6.07, 6.45) is -2.77. The molecule has 1 fully saturated rings. The van der Waals surface area contributed by atoms with Gasteiger partial charge in [0.2, 0.25) is 47.3 Å². The first-order valence-corrected chi connectivity index (χ1v) is 25.8. The number of alkyl carbamates (subject to hydrolysis) is 2. The Bertz CT molecular complexity index is 2080. The van der Waals surface area contributed by atoms with E-state index in [0.717, 1.165) is 0 Å². The smallest absolute Gasteiger partial charge is 0.407 e. The number of aliphatic hydroxyl groups excluding tert-OH is 1. The van der Waals surface area contributed by atoms with Crippen molar-refractivity contribution < 1.29 is 62.5 Å². The molecule has 1 heterocycles. The number of hydrogen-bond acceptors (Lipinski definition) is 14. The fraction of sp³-hybridized carbons (Fsp3) is 0.686. The van der Waals surface area contributed by atoms with E-state index in [0.29, 0.717) is 18.4 Å². The van der Waals surface area contributed by atoms with Crippen molar-refractivity contribution >= 4 is 59.4 Å². The van der Waals surface area contributed by atoms with Gasteiger partial charge in [-0.2, -0.15) is 0 Å². The summed E-state index contributed by atoms with van der Waals surface area (Å²) in [4.78, 5) is 138. The number of carbonyl (C=O) groups is 10. The SMILES string of the molecule is CCC[C@@H]1NC(=O)[C@H](CC(C)C)NC(=O)[C@@H](Cc2ccccc2)NC(=O)[C@H](CCNC(=O)OC(C)(C)C)NC(=O)[C@@H](NC(=O)[C@@H](N)CCNC(=O)OC(C)(C)C)CCNC(=O)[C@H]([C@@H](C)O)NC(=O)[C@H](CCC)NC1=O. The largest absolute Gasteiger partial charge is 0.444 e. The molecule has 1 aliphatic rings. The molecule has 2 rings (SSSR count). The van der Waals surface area contributed by atoms with Crippen LogP contribution in [0.15, 0.2) is 30.3 Å². The quantitative estimate of drug-likeness (QED) is 0.100. The van der Waals surface area contributed by atoms with Crippen molar-refractivity contribution in [2.75, 3.05) is 19.6 Å². The van der Waals surface area contributed by atoms with E-state index in [1.165, 1.54) is 6.92 Å².